The lowest BCUT2D eigenvalue weighted by Crippen LogP contribution is -2.51. The lowest BCUT2D eigenvalue weighted by molar-refractivity contribution is -0.157. The molecule has 1 heterocycles. The molecule has 1 N–H and O–H groups in total. The molecule has 1 aromatic rings. The second-order valence-electron chi connectivity index (χ2n) is 4.33. The maximum Gasteiger partial charge on any atom is 0.230 e. The lowest BCUT2D eigenvalue weighted by Gasteiger charge is -2.36. The van der Waals surface area contributed by atoms with Crippen LogP contribution in [-0.4, -0.2) is 19.1 Å². The molecule has 0 aromatic heterocycles. The van der Waals surface area contributed by atoms with Crippen molar-refractivity contribution in [2.24, 2.45) is 5.41 Å². The lowest BCUT2D eigenvalue weighted by atomic mass is 9.87. The Morgan fingerprint density at radius 3 is 2.75 bits per heavy atom. The van der Waals surface area contributed by atoms with Gasteiger partial charge in [-0.1, -0.05) is 18.2 Å². The largest absolute Gasteiger partial charge is 0.379 e. The minimum Gasteiger partial charge on any atom is -0.379 e. The molecule has 1 saturated heterocycles. The first-order valence-electron chi connectivity index (χ1n) is 5.21. The Morgan fingerprint density at radius 2 is 2.19 bits per heavy atom. The summed E-state index contributed by atoms with van der Waals surface area (Å²) in [6, 6.07) is 6.42. The monoisotopic (exact) mass is 223 g/mol. The van der Waals surface area contributed by atoms with Gasteiger partial charge in [-0.15, -0.1) is 0 Å². The molecule has 0 atom stereocenters. The van der Waals surface area contributed by atoms with Crippen LogP contribution in [0.25, 0.3) is 0 Å². The fourth-order valence-corrected chi connectivity index (χ4v) is 1.57. The molecule has 0 bridgehead atoms. The summed E-state index contributed by atoms with van der Waals surface area (Å²) in [5, 5.41) is 2.72. The molecule has 0 radical (unpaired) electrons. The zero-order valence-electron chi connectivity index (χ0n) is 9.13. The van der Waals surface area contributed by atoms with E-state index < -0.39 is 5.41 Å². The number of amides is 1. The van der Waals surface area contributed by atoms with Crippen LogP contribution in [0.4, 0.5) is 4.39 Å². The molecule has 1 aliphatic heterocycles. The van der Waals surface area contributed by atoms with Crippen LogP contribution in [0, 0.1) is 11.2 Å². The van der Waals surface area contributed by atoms with E-state index in [0.29, 0.717) is 18.8 Å². The summed E-state index contributed by atoms with van der Waals surface area (Å²) in [5.74, 6) is -0.375. The van der Waals surface area contributed by atoms with Crippen molar-refractivity contribution in [3.63, 3.8) is 0 Å². The molecule has 0 unspecified atom stereocenters. The summed E-state index contributed by atoms with van der Waals surface area (Å²) in [7, 11) is 0. The predicted octanol–water partition coefficient (Wildman–Crippen LogP) is 1.48. The highest BCUT2D eigenvalue weighted by molar-refractivity contribution is 5.83. The number of carbonyl (C=O) groups excluding carboxylic acids is 1. The highest BCUT2D eigenvalue weighted by Gasteiger charge is 2.40. The van der Waals surface area contributed by atoms with E-state index in [1.807, 2.05) is 6.92 Å². The Morgan fingerprint density at radius 1 is 1.50 bits per heavy atom. The third-order valence-corrected chi connectivity index (χ3v) is 2.79. The predicted molar refractivity (Wildman–Crippen MR) is 57.2 cm³/mol. The minimum atomic E-state index is -0.439. The van der Waals surface area contributed by atoms with E-state index in [1.165, 1.54) is 6.07 Å². The summed E-state index contributed by atoms with van der Waals surface area (Å²) in [6.45, 7) is 2.94. The Hall–Kier alpha value is -1.42. The molecule has 1 aromatic carbocycles. The highest BCUT2D eigenvalue weighted by atomic mass is 19.1. The van der Waals surface area contributed by atoms with Crippen molar-refractivity contribution in [3.8, 4) is 0 Å². The van der Waals surface area contributed by atoms with Gasteiger partial charge in [0, 0.05) is 12.1 Å². The van der Waals surface area contributed by atoms with Crippen molar-refractivity contribution in [3.05, 3.63) is 35.6 Å². The molecule has 86 valence electrons. The molecule has 2 rings (SSSR count). The van der Waals surface area contributed by atoms with Crippen molar-refractivity contribution in [2.45, 2.75) is 13.5 Å². The van der Waals surface area contributed by atoms with Gasteiger partial charge in [-0.25, -0.2) is 4.39 Å². The first-order valence-corrected chi connectivity index (χ1v) is 5.21. The molecule has 1 fully saturated rings. The molecule has 1 amide bonds. The van der Waals surface area contributed by atoms with E-state index in [4.69, 9.17) is 4.74 Å². The van der Waals surface area contributed by atoms with Crippen molar-refractivity contribution >= 4 is 5.91 Å². The average Bonchev–Trinajstić information content (AvgIpc) is 2.24. The maximum absolute atomic E-state index is 13.3. The van der Waals surface area contributed by atoms with Crippen LogP contribution in [-0.2, 0) is 16.1 Å². The fourth-order valence-electron chi connectivity index (χ4n) is 1.57. The van der Waals surface area contributed by atoms with Crippen molar-refractivity contribution < 1.29 is 13.9 Å². The Balaban J connectivity index is 1.93. The van der Waals surface area contributed by atoms with Gasteiger partial charge in [0.2, 0.25) is 5.91 Å². The number of hydrogen-bond donors (Lipinski definition) is 1. The van der Waals surface area contributed by atoms with Gasteiger partial charge < -0.3 is 10.1 Å². The van der Waals surface area contributed by atoms with Crippen LogP contribution in [0.5, 0.6) is 0 Å². The molecule has 0 saturated carbocycles. The molecule has 0 aliphatic carbocycles. The quantitative estimate of drug-likeness (QED) is 0.842. The number of hydrogen-bond acceptors (Lipinski definition) is 2. The van der Waals surface area contributed by atoms with Crippen LogP contribution in [0.2, 0.25) is 0 Å². The molecular weight excluding hydrogens is 209 g/mol. The zero-order valence-corrected chi connectivity index (χ0v) is 9.13. The van der Waals surface area contributed by atoms with Gasteiger partial charge in [-0.3, -0.25) is 4.79 Å². The maximum atomic E-state index is 13.3. The molecular formula is C12H14FNO2. The van der Waals surface area contributed by atoms with Crippen molar-refractivity contribution in [1.29, 1.82) is 0 Å². The van der Waals surface area contributed by atoms with Gasteiger partial charge in [-0.05, 0) is 13.0 Å². The van der Waals surface area contributed by atoms with Crippen LogP contribution < -0.4 is 5.32 Å². The number of benzene rings is 1. The number of nitrogens with one attached hydrogen (secondary N) is 1. The van der Waals surface area contributed by atoms with Crippen LogP contribution in [0.15, 0.2) is 24.3 Å². The first-order chi connectivity index (χ1) is 7.62. The van der Waals surface area contributed by atoms with Gasteiger partial charge >= 0.3 is 0 Å². The van der Waals surface area contributed by atoms with Crippen molar-refractivity contribution in [1.82, 2.24) is 5.32 Å². The van der Waals surface area contributed by atoms with E-state index in [2.05, 4.69) is 5.32 Å². The number of ether oxygens (including phenoxy) is 1. The third-order valence-electron chi connectivity index (χ3n) is 2.79. The SMILES string of the molecule is CC1(C(=O)NCc2ccccc2F)COC1. The van der Waals surface area contributed by atoms with Gasteiger partial charge in [0.05, 0.1) is 18.6 Å². The molecule has 4 heteroatoms. The van der Waals surface area contributed by atoms with Gasteiger partial charge in [0.25, 0.3) is 0 Å². The number of rotatable bonds is 3. The normalized spacial score (nSPS) is 17.6. The molecule has 1 aliphatic rings. The standard InChI is InChI=1S/C12H14FNO2/c1-12(7-16-8-12)11(15)14-6-9-4-2-3-5-10(9)13/h2-5H,6-8H2,1H3,(H,14,15). The highest BCUT2D eigenvalue weighted by Crippen LogP contribution is 2.26. The Kier molecular flexibility index (Phi) is 2.92. The average molecular weight is 223 g/mol. The van der Waals surface area contributed by atoms with Gasteiger partial charge in [0.1, 0.15) is 5.82 Å². The van der Waals surface area contributed by atoms with Gasteiger partial charge in [0.15, 0.2) is 0 Å². The number of halogens is 1. The molecule has 3 nitrogen and oxygen atoms in total. The summed E-state index contributed by atoms with van der Waals surface area (Å²) in [5.41, 5.74) is 0.0605. The minimum absolute atomic E-state index is 0.0815. The van der Waals surface area contributed by atoms with E-state index >= 15 is 0 Å². The second kappa shape index (κ2) is 4.22. The van der Waals surface area contributed by atoms with E-state index in [-0.39, 0.29) is 18.3 Å². The third kappa shape index (κ3) is 2.07. The van der Waals surface area contributed by atoms with Gasteiger partial charge in [-0.2, -0.15) is 0 Å². The summed E-state index contributed by atoms with van der Waals surface area (Å²) in [4.78, 5) is 11.7. The van der Waals surface area contributed by atoms with E-state index in [9.17, 15) is 9.18 Å². The first kappa shape index (κ1) is 11.1. The summed E-state index contributed by atoms with van der Waals surface area (Å²) in [6.07, 6.45) is 0. The fraction of sp³-hybridized carbons (Fsp3) is 0.417. The van der Waals surface area contributed by atoms with Crippen LogP contribution in [0.3, 0.4) is 0 Å². The smallest absolute Gasteiger partial charge is 0.230 e. The second-order valence-corrected chi connectivity index (χ2v) is 4.33. The number of carbonyl (C=O) groups is 1. The van der Waals surface area contributed by atoms with Crippen LogP contribution >= 0.6 is 0 Å². The van der Waals surface area contributed by atoms with Crippen LogP contribution in [0.1, 0.15) is 12.5 Å². The Bertz CT molecular complexity index is 402. The zero-order chi connectivity index (χ0) is 11.6. The van der Waals surface area contributed by atoms with Crippen molar-refractivity contribution in [2.75, 3.05) is 13.2 Å². The summed E-state index contributed by atoms with van der Waals surface area (Å²) >= 11 is 0. The van der Waals surface area contributed by atoms with E-state index in [1.54, 1.807) is 18.2 Å². The topological polar surface area (TPSA) is 38.3 Å². The molecule has 0 spiro atoms. The molecule has 16 heavy (non-hydrogen) atoms. The summed E-state index contributed by atoms with van der Waals surface area (Å²) < 4.78 is 18.3. The van der Waals surface area contributed by atoms with E-state index in [0.717, 1.165) is 0 Å². The Labute approximate surface area is 93.6 Å².